The van der Waals surface area contributed by atoms with Crippen molar-refractivity contribution in [2.24, 2.45) is 0 Å². The zero-order valence-electron chi connectivity index (χ0n) is 10.6. The highest BCUT2D eigenvalue weighted by Gasteiger charge is 2.12. The Kier molecular flexibility index (Phi) is 3.19. The number of carboxylic acid groups (broad SMARTS) is 1. The molecule has 2 N–H and O–H groups in total. The zero-order chi connectivity index (χ0) is 14.1. The number of aliphatic carboxylic acids is 1. The molecule has 0 fully saturated rings. The van der Waals surface area contributed by atoms with Gasteiger partial charge in [-0.1, -0.05) is 23.4 Å². The summed E-state index contributed by atoms with van der Waals surface area (Å²) in [5.74, 6) is 0.101. The van der Waals surface area contributed by atoms with Crippen LogP contribution in [0, 0.1) is 6.92 Å². The molecule has 0 saturated heterocycles. The maximum absolute atomic E-state index is 10.5. The van der Waals surface area contributed by atoms with E-state index in [-0.39, 0.29) is 5.75 Å². The number of carbonyl (C=O) groups is 1. The van der Waals surface area contributed by atoms with Crippen LogP contribution in [0.25, 0.3) is 22.6 Å². The summed E-state index contributed by atoms with van der Waals surface area (Å²) in [6.07, 6.45) is 0. The molecular formula is C13H11N3O3S. The third-order valence-corrected chi connectivity index (χ3v) is 3.53. The van der Waals surface area contributed by atoms with Crippen molar-refractivity contribution in [3.63, 3.8) is 0 Å². The lowest BCUT2D eigenvalue weighted by Gasteiger charge is -1.89. The van der Waals surface area contributed by atoms with Crippen LogP contribution in [0.4, 0.5) is 0 Å². The molecule has 0 spiro atoms. The average molecular weight is 289 g/mol. The summed E-state index contributed by atoms with van der Waals surface area (Å²) >= 11 is 1.06. The van der Waals surface area contributed by atoms with Crippen LogP contribution >= 0.6 is 11.8 Å². The fourth-order valence-corrected chi connectivity index (χ4v) is 2.35. The number of aromatic amines is 1. The number of nitrogens with zero attached hydrogens (tertiary/aromatic N) is 2. The summed E-state index contributed by atoms with van der Waals surface area (Å²) in [4.78, 5) is 14.7. The number of benzene rings is 1. The van der Waals surface area contributed by atoms with Crippen LogP contribution < -0.4 is 0 Å². The molecule has 0 bridgehead atoms. The first kappa shape index (κ1) is 12.7. The minimum Gasteiger partial charge on any atom is -0.481 e. The first-order valence-corrected chi connectivity index (χ1v) is 6.88. The Bertz CT molecular complexity index is 778. The fourth-order valence-electron chi connectivity index (χ4n) is 1.83. The number of hydrogen-bond acceptors (Lipinski definition) is 5. The van der Waals surface area contributed by atoms with Crippen molar-refractivity contribution in [3.8, 4) is 11.6 Å². The highest BCUT2D eigenvalue weighted by molar-refractivity contribution is 7.99. The number of furan rings is 1. The van der Waals surface area contributed by atoms with Crippen molar-refractivity contribution in [2.45, 2.75) is 12.1 Å². The van der Waals surface area contributed by atoms with Crippen LogP contribution in [0.15, 0.2) is 33.8 Å². The van der Waals surface area contributed by atoms with Crippen LogP contribution in [-0.2, 0) is 4.79 Å². The number of aromatic nitrogens is 3. The normalized spacial score (nSPS) is 11.1. The molecule has 0 aliphatic heterocycles. The molecule has 3 rings (SSSR count). The highest BCUT2D eigenvalue weighted by Crippen LogP contribution is 2.27. The third kappa shape index (κ3) is 2.53. The smallest absolute Gasteiger partial charge is 0.313 e. The molecule has 2 heterocycles. The van der Waals surface area contributed by atoms with E-state index in [9.17, 15) is 4.79 Å². The number of H-pyrrole nitrogens is 1. The molecule has 3 aromatic rings. The van der Waals surface area contributed by atoms with Crippen molar-refractivity contribution in [1.82, 2.24) is 15.2 Å². The summed E-state index contributed by atoms with van der Waals surface area (Å²) in [6, 6.07) is 7.79. The predicted molar refractivity (Wildman–Crippen MR) is 74.7 cm³/mol. The van der Waals surface area contributed by atoms with Crippen molar-refractivity contribution in [2.75, 3.05) is 5.75 Å². The summed E-state index contributed by atoms with van der Waals surface area (Å²) < 4.78 is 5.69. The first-order valence-electron chi connectivity index (χ1n) is 5.89. The minimum absolute atomic E-state index is 0.0728. The van der Waals surface area contributed by atoms with Gasteiger partial charge in [-0.05, 0) is 25.1 Å². The van der Waals surface area contributed by atoms with E-state index in [0.717, 1.165) is 28.3 Å². The van der Waals surface area contributed by atoms with Crippen LogP contribution in [0.5, 0.6) is 0 Å². The second kappa shape index (κ2) is 5.01. The number of nitrogens with one attached hydrogen (secondary N) is 1. The second-order valence-electron chi connectivity index (χ2n) is 4.30. The molecule has 0 amide bonds. The monoisotopic (exact) mass is 289 g/mol. The van der Waals surface area contributed by atoms with E-state index in [2.05, 4.69) is 15.2 Å². The van der Waals surface area contributed by atoms with Gasteiger partial charge in [-0.3, -0.25) is 9.89 Å². The maximum atomic E-state index is 10.5. The predicted octanol–water partition coefficient (Wildman–Crippen LogP) is 2.70. The van der Waals surface area contributed by atoms with E-state index in [1.807, 2.05) is 31.2 Å². The second-order valence-corrected chi connectivity index (χ2v) is 5.24. The van der Waals surface area contributed by atoms with Gasteiger partial charge in [0, 0.05) is 5.39 Å². The van der Waals surface area contributed by atoms with Crippen molar-refractivity contribution < 1.29 is 14.3 Å². The van der Waals surface area contributed by atoms with Crippen molar-refractivity contribution >= 4 is 28.7 Å². The standard InChI is InChI=1S/C13H11N3O3S/c1-7-2-3-9-8(4-7)5-10(19-9)12-14-13(16-15-12)20-6-11(17)18/h2-5H,6H2,1H3,(H,17,18)(H,14,15,16). The molecule has 0 atom stereocenters. The van der Waals surface area contributed by atoms with Gasteiger partial charge in [0.25, 0.3) is 0 Å². The van der Waals surface area contributed by atoms with E-state index in [0.29, 0.717) is 16.7 Å². The summed E-state index contributed by atoms with van der Waals surface area (Å²) in [7, 11) is 0. The summed E-state index contributed by atoms with van der Waals surface area (Å²) in [6.45, 7) is 2.02. The van der Waals surface area contributed by atoms with Gasteiger partial charge in [-0.2, -0.15) is 4.98 Å². The van der Waals surface area contributed by atoms with E-state index < -0.39 is 5.97 Å². The van der Waals surface area contributed by atoms with Gasteiger partial charge in [-0.25, -0.2) is 0 Å². The van der Waals surface area contributed by atoms with E-state index in [4.69, 9.17) is 9.52 Å². The quantitative estimate of drug-likeness (QED) is 0.717. The molecule has 2 aromatic heterocycles. The van der Waals surface area contributed by atoms with Crippen LogP contribution in [0.3, 0.4) is 0 Å². The van der Waals surface area contributed by atoms with Crippen molar-refractivity contribution in [3.05, 3.63) is 29.8 Å². The molecule has 0 aliphatic carbocycles. The van der Waals surface area contributed by atoms with E-state index in [1.54, 1.807) is 0 Å². The van der Waals surface area contributed by atoms with Gasteiger partial charge < -0.3 is 9.52 Å². The van der Waals surface area contributed by atoms with Crippen LogP contribution in [0.1, 0.15) is 5.56 Å². The maximum Gasteiger partial charge on any atom is 0.313 e. The SMILES string of the molecule is Cc1ccc2oc(-c3nc(SCC(=O)O)n[nH]3)cc2c1. The highest BCUT2D eigenvalue weighted by atomic mass is 32.2. The molecule has 0 unspecified atom stereocenters. The topological polar surface area (TPSA) is 92.0 Å². The van der Waals surface area contributed by atoms with Crippen LogP contribution in [-0.4, -0.2) is 32.0 Å². The number of thioether (sulfide) groups is 1. The fraction of sp³-hybridized carbons (Fsp3) is 0.154. The Balaban J connectivity index is 1.89. The van der Waals surface area contributed by atoms with Gasteiger partial charge in [0.2, 0.25) is 5.16 Å². The largest absolute Gasteiger partial charge is 0.481 e. The van der Waals surface area contributed by atoms with Crippen molar-refractivity contribution in [1.29, 1.82) is 0 Å². The molecule has 102 valence electrons. The molecule has 0 aliphatic rings. The Labute approximate surface area is 118 Å². The molecule has 0 saturated carbocycles. The number of carboxylic acids is 1. The number of fused-ring (bicyclic) bond motifs is 1. The molecule has 6 nitrogen and oxygen atoms in total. The zero-order valence-corrected chi connectivity index (χ0v) is 11.4. The van der Waals surface area contributed by atoms with Gasteiger partial charge >= 0.3 is 5.97 Å². The first-order chi connectivity index (χ1) is 9.61. The summed E-state index contributed by atoms with van der Waals surface area (Å²) in [5, 5.41) is 16.7. The minimum atomic E-state index is -0.902. The Morgan fingerprint density at radius 2 is 2.30 bits per heavy atom. The average Bonchev–Trinajstić information content (AvgIpc) is 3.01. The van der Waals surface area contributed by atoms with Gasteiger partial charge in [-0.15, -0.1) is 5.10 Å². The molecule has 20 heavy (non-hydrogen) atoms. The van der Waals surface area contributed by atoms with Gasteiger partial charge in [0.05, 0.1) is 5.75 Å². The third-order valence-electron chi connectivity index (χ3n) is 2.69. The Morgan fingerprint density at radius 3 is 3.10 bits per heavy atom. The van der Waals surface area contributed by atoms with Gasteiger partial charge in [0.1, 0.15) is 5.58 Å². The van der Waals surface area contributed by atoms with Gasteiger partial charge in [0.15, 0.2) is 11.6 Å². The number of aryl methyl sites for hydroxylation is 1. The van der Waals surface area contributed by atoms with E-state index in [1.165, 1.54) is 0 Å². The molecular weight excluding hydrogens is 278 g/mol. The van der Waals surface area contributed by atoms with Crippen LogP contribution in [0.2, 0.25) is 0 Å². The molecule has 7 heteroatoms. The number of rotatable bonds is 4. The lowest BCUT2D eigenvalue weighted by molar-refractivity contribution is -0.133. The van der Waals surface area contributed by atoms with E-state index >= 15 is 0 Å². The number of hydrogen-bond donors (Lipinski definition) is 2. The lowest BCUT2D eigenvalue weighted by atomic mass is 10.2. The molecule has 1 aromatic carbocycles. The lowest BCUT2D eigenvalue weighted by Crippen LogP contribution is -1.97. The summed E-state index contributed by atoms with van der Waals surface area (Å²) in [5.41, 5.74) is 1.93. The Hall–Kier alpha value is -2.28. The Morgan fingerprint density at radius 1 is 1.45 bits per heavy atom. The molecule has 0 radical (unpaired) electrons.